The SMILES string of the molecule is O=C(c1ccc(-c2ccccc2Cl)o1)n1cncn1. The second-order valence-corrected chi connectivity index (χ2v) is 4.20. The first-order valence-electron chi connectivity index (χ1n) is 5.50. The number of carbonyl (C=O) groups is 1. The standard InChI is InChI=1S/C13H8ClN3O2/c14-10-4-2-1-3-9(10)11-5-6-12(19-11)13(18)17-8-15-7-16-17/h1-8H. The van der Waals surface area contributed by atoms with Gasteiger partial charge in [-0.05, 0) is 24.3 Å². The molecule has 0 N–H and O–H groups in total. The van der Waals surface area contributed by atoms with E-state index in [1.165, 1.54) is 12.7 Å². The number of carbonyl (C=O) groups excluding carboxylic acids is 1. The van der Waals surface area contributed by atoms with E-state index in [0.29, 0.717) is 10.8 Å². The van der Waals surface area contributed by atoms with Crippen LogP contribution in [-0.4, -0.2) is 20.7 Å². The molecule has 6 heteroatoms. The number of benzene rings is 1. The molecular weight excluding hydrogens is 266 g/mol. The van der Waals surface area contributed by atoms with E-state index in [4.69, 9.17) is 16.0 Å². The highest BCUT2D eigenvalue weighted by atomic mass is 35.5. The summed E-state index contributed by atoms with van der Waals surface area (Å²) in [6.45, 7) is 0. The van der Waals surface area contributed by atoms with Gasteiger partial charge >= 0.3 is 5.91 Å². The average Bonchev–Trinajstić information content (AvgIpc) is 3.10. The molecule has 2 aromatic heterocycles. The molecule has 0 aliphatic carbocycles. The van der Waals surface area contributed by atoms with Crippen molar-refractivity contribution in [1.29, 1.82) is 0 Å². The Morgan fingerprint density at radius 2 is 2.05 bits per heavy atom. The van der Waals surface area contributed by atoms with Gasteiger partial charge in [-0.2, -0.15) is 9.78 Å². The van der Waals surface area contributed by atoms with E-state index in [1.54, 1.807) is 18.2 Å². The molecule has 0 atom stereocenters. The number of rotatable bonds is 2. The molecule has 0 aliphatic rings. The summed E-state index contributed by atoms with van der Waals surface area (Å²) in [5.41, 5.74) is 0.738. The van der Waals surface area contributed by atoms with Crippen LogP contribution in [0.2, 0.25) is 5.02 Å². The van der Waals surface area contributed by atoms with Crippen LogP contribution < -0.4 is 0 Å². The normalized spacial score (nSPS) is 10.6. The Balaban J connectivity index is 1.96. The fourth-order valence-electron chi connectivity index (χ4n) is 1.68. The summed E-state index contributed by atoms with van der Waals surface area (Å²) in [6, 6.07) is 10.6. The Kier molecular flexibility index (Phi) is 2.89. The van der Waals surface area contributed by atoms with Gasteiger partial charge in [0.2, 0.25) is 0 Å². The van der Waals surface area contributed by atoms with Crippen molar-refractivity contribution in [2.24, 2.45) is 0 Å². The molecule has 0 aliphatic heterocycles. The van der Waals surface area contributed by atoms with Gasteiger partial charge < -0.3 is 4.42 Å². The average molecular weight is 274 g/mol. The highest BCUT2D eigenvalue weighted by Crippen LogP contribution is 2.29. The maximum atomic E-state index is 12.0. The van der Waals surface area contributed by atoms with Crippen LogP contribution in [0.4, 0.5) is 0 Å². The maximum absolute atomic E-state index is 12.0. The zero-order valence-corrected chi connectivity index (χ0v) is 10.4. The maximum Gasteiger partial charge on any atom is 0.315 e. The number of aromatic nitrogens is 3. The molecule has 2 heterocycles. The van der Waals surface area contributed by atoms with E-state index in [1.807, 2.05) is 18.2 Å². The number of hydrogen-bond acceptors (Lipinski definition) is 4. The lowest BCUT2D eigenvalue weighted by Gasteiger charge is -1.99. The van der Waals surface area contributed by atoms with Gasteiger partial charge in [-0.3, -0.25) is 4.79 Å². The molecule has 0 saturated heterocycles. The van der Waals surface area contributed by atoms with Gasteiger partial charge in [0.05, 0.1) is 5.02 Å². The van der Waals surface area contributed by atoms with Crippen molar-refractivity contribution < 1.29 is 9.21 Å². The van der Waals surface area contributed by atoms with Crippen LogP contribution in [-0.2, 0) is 0 Å². The van der Waals surface area contributed by atoms with E-state index in [0.717, 1.165) is 10.2 Å². The number of furan rings is 1. The minimum atomic E-state index is -0.379. The zero-order valence-electron chi connectivity index (χ0n) is 9.65. The second-order valence-electron chi connectivity index (χ2n) is 3.79. The summed E-state index contributed by atoms with van der Waals surface area (Å²) in [4.78, 5) is 15.7. The van der Waals surface area contributed by atoms with Crippen LogP contribution in [0.25, 0.3) is 11.3 Å². The summed E-state index contributed by atoms with van der Waals surface area (Å²) < 4.78 is 6.62. The molecule has 0 saturated carbocycles. The molecule has 3 rings (SSSR count). The Labute approximate surface area is 113 Å². The smallest absolute Gasteiger partial charge is 0.315 e. The van der Waals surface area contributed by atoms with Crippen LogP contribution >= 0.6 is 11.6 Å². The highest BCUT2D eigenvalue weighted by molar-refractivity contribution is 6.33. The molecule has 0 amide bonds. The second kappa shape index (κ2) is 4.70. The summed E-state index contributed by atoms with van der Waals surface area (Å²) in [7, 11) is 0. The van der Waals surface area contributed by atoms with Crippen molar-refractivity contribution in [3.8, 4) is 11.3 Å². The third-order valence-electron chi connectivity index (χ3n) is 2.58. The first-order chi connectivity index (χ1) is 9.25. The van der Waals surface area contributed by atoms with Crippen LogP contribution in [0, 0.1) is 0 Å². The van der Waals surface area contributed by atoms with Gasteiger partial charge in [-0.15, -0.1) is 0 Å². The Bertz CT molecular complexity index is 719. The fraction of sp³-hybridized carbons (Fsp3) is 0. The Hall–Kier alpha value is -2.40. The van der Waals surface area contributed by atoms with Crippen molar-refractivity contribution in [3.05, 3.63) is 59.8 Å². The number of nitrogens with zero attached hydrogens (tertiary/aromatic N) is 3. The van der Waals surface area contributed by atoms with Crippen molar-refractivity contribution in [2.75, 3.05) is 0 Å². The Morgan fingerprint density at radius 1 is 1.21 bits per heavy atom. The quantitative estimate of drug-likeness (QED) is 0.720. The lowest BCUT2D eigenvalue weighted by molar-refractivity contribution is 0.0917. The van der Waals surface area contributed by atoms with E-state index < -0.39 is 0 Å². The van der Waals surface area contributed by atoms with Gasteiger partial charge in [0.15, 0.2) is 5.76 Å². The molecular formula is C13H8ClN3O2. The van der Waals surface area contributed by atoms with Gasteiger partial charge in [0.1, 0.15) is 18.4 Å². The third-order valence-corrected chi connectivity index (χ3v) is 2.91. The lowest BCUT2D eigenvalue weighted by atomic mass is 10.2. The number of hydrogen-bond donors (Lipinski definition) is 0. The molecule has 94 valence electrons. The predicted octanol–water partition coefficient (Wildman–Crippen LogP) is 2.88. The minimum absolute atomic E-state index is 0.181. The lowest BCUT2D eigenvalue weighted by Crippen LogP contribution is -2.11. The predicted molar refractivity (Wildman–Crippen MR) is 68.9 cm³/mol. The van der Waals surface area contributed by atoms with Crippen molar-refractivity contribution in [3.63, 3.8) is 0 Å². The van der Waals surface area contributed by atoms with E-state index in [2.05, 4.69) is 10.1 Å². The highest BCUT2D eigenvalue weighted by Gasteiger charge is 2.15. The van der Waals surface area contributed by atoms with Crippen LogP contribution in [0.3, 0.4) is 0 Å². The summed E-state index contributed by atoms with van der Waals surface area (Å²) in [5.74, 6) is 0.338. The van der Waals surface area contributed by atoms with Gasteiger partial charge in [0, 0.05) is 5.56 Å². The third kappa shape index (κ3) is 2.15. The first kappa shape index (κ1) is 11.7. The van der Waals surface area contributed by atoms with Gasteiger partial charge in [-0.25, -0.2) is 4.98 Å². The van der Waals surface area contributed by atoms with E-state index in [9.17, 15) is 4.79 Å². The molecule has 0 fully saturated rings. The molecule has 19 heavy (non-hydrogen) atoms. The zero-order chi connectivity index (χ0) is 13.2. The van der Waals surface area contributed by atoms with Crippen LogP contribution in [0.5, 0.6) is 0 Å². The monoisotopic (exact) mass is 273 g/mol. The summed E-state index contributed by atoms with van der Waals surface area (Å²) >= 11 is 6.07. The molecule has 3 aromatic rings. The van der Waals surface area contributed by atoms with E-state index in [-0.39, 0.29) is 11.7 Å². The topological polar surface area (TPSA) is 60.9 Å². The fourth-order valence-corrected chi connectivity index (χ4v) is 1.91. The van der Waals surface area contributed by atoms with Crippen molar-refractivity contribution >= 4 is 17.5 Å². The van der Waals surface area contributed by atoms with Gasteiger partial charge in [-0.1, -0.05) is 23.7 Å². The van der Waals surface area contributed by atoms with Gasteiger partial charge in [0.25, 0.3) is 0 Å². The largest absolute Gasteiger partial charge is 0.451 e. The molecule has 0 unspecified atom stereocenters. The first-order valence-corrected chi connectivity index (χ1v) is 5.87. The van der Waals surface area contributed by atoms with E-state index >= 15 is 0 Å². The minimum Gasteiger partial charge on any atom is -0.451 e. The van der Waals surface area contributed by atoms with Crippen LogP contribution in [0.1, 0.15) is 10.6 Å². The summed E-state index contributed by atoms with van der Waals surface area (Å²) in [5, 5.41) is 4.33. The van der Waals surface area contributed by atoms with Crippen molar-refractivity contribution in [2.45, 2.75) is 0 Å². The molecule has 0 spiro atoms. The molecule has 1 aromatic carbocycles. The molecule has 0 bridgehead atoms. The Morgan fingerprint density at radius 3 is 2.79 bits per heavy atom. The van der Waals surface area contributed by atoms with Crippen molar-refractivity contribution in [1.82, 2.24) is 14.8 Å². The van der Waals surface area contributed by atoms with Crippen LogP contribution in [0.15, 0.2) is 53.5 Å². The number of halogens is 1. The molecule has 0 radical (unpaired) electrons. The molecule has 5 nitrogen and oxygen atoms in total. The summed E-state index contributed by atoms with van der Waals surface area (Å²) in [6.07, 6.45) is 2.61.